The Morgan fingerprint density at radius 2 is 1.77 bits per heavy atom. The van der Waals surface area contributed by atoms with Crippen LogP contribution in [0.15, 0.2) is 18.5 Å². The number of hydrogen-bond donors (Lipinski definition) is 0. The summed E-state index contributed by atoms with van der Waals surface area (Å²) in [5.74, 6) is 3.99. The largest absolute Gasteiger partial charge is 0.353 e. The molecule has 9 heteroatoms. The Bertz CT molecular complexity index is 959. The van der Waals surface area contributed by atoms with Gasteiger partial charge in [0.15, 0.2) is 0 Å². The minimum Gasteiger partial charge on any atom is -0.353 e. The molecule has 1 aliphatic carbocycles. The predicted molar refractivity (Wildman–Crippen MR) is 99.0 cm³/mol. The normalized spacial score (nSPS) is 17.9. The van der Waals surface area contributed by atoms with Crippen LogP contribution in [0.5, 0.6) is 0 Å². The highest BCUT2D eigenvalue weighted by atomic mass is 35.5. The third kappa shape index (κ3) is 2.84. The first kappa shape index (κ1) is 15.7. The van der Waals surface area contributed by atoms with Gasteiger partial charge in [0, 0.05) is 49.9 Å². The highest BCUT2D eigenvalue weighted by Crippen LogP contribution is 2.39. The molecule has 0 spiro atoms. The van der Waals surface area contributed by atoms with Crippen molar-refractivity contribution in [1.82, 2.24) is 29.5 Å². The lowest BCUT2D eigenvalue weighted by atomic mass is 10.3. The van der Waals surface area contributed by atoms with Crippen molar-refractivity contribution in [1.29, 1.82) is 0 Å². The van der Waals surface area contributed by atoms with Gasteiger partial charge in [-0.05, 0) is 19.8 Å². The van der Waals surface area contributed by atoms with Gasteiger partial charge in [0.25, 0.3) is 5.78 Å². The highest BCUT2D eigenvalue weighted by Gasteiger charge is 2.28. The molecule has 0 aromatic carbocycles. The Hall–Kier alpha value is -2.48. The van der Waals surface area contributed by atoms with Crippen LogP contribution in [0.3, 0.4) is 0 Å². The first-order valence-electron chi connectivity index (χ1n) is 8.89. The lowest BCUT2D eigenvalue weighted by Crippen LogP contribution is -2.47. The van der Waals surface area contributed by atoms with E-state index in [9.17, 15) is 0 Å². The third-order valence-electron chi connectivity index (χ3n) is 4.93. The molecule has 3 aromatic rings. The molecular weight excluding hydrogens is 352 g/mol. The van der Waals surface area contributed by atoms with Gasteiger partial charge in [-0.3, -0.25) is 0 Å². The number of rotatable bonds is 3. The van der Waals surface area contributed by atoms with Crippen LogP contribution in [0.1, 0.15) is 30.3 Å². The van der Waals surface area contributed by atoms with Gasteiger partial charge in [0.1, 0.15) is 28.9 Å². The summed E-state index contributed by atoms with van der Waals surface area (Å²) in [7, 11) is 0. The Balaban J connectivity index is 1.37. The second-order valence-corrected chi connectivity index (χ2v) is 7.27. The number of aromatic nitrogens is 6. The van der Waals surface area contributed by atoms with Gasteiger partial charge in [-0.25, -0.2) is 15.0 Å². The summed E-state index contributed by atoms with van der Waals surface area (Å²) in [6.07, 6.45) is 3.88. The number of piperazine rings is 1. The standard InChI is InChI=1S/C17H19ClN8/c1-11-8-15(26-17(21-11)19-10-20-26)25-6-4-24(5-7-25)14-9-13(18)22-16(23-14)12-2-3-12/h8-10,12H,2-7H2,1H3. The average molecular weight is 371 g/mol. The van der Waals surface area contributed by atoms with Crippen molar-refractivity contribution < 1.29 is 0 Å². The molecule has 3 aromatic heterocycles. The van der Waals surface area contributed by atoms with Gasteiger partial charge >= 0.3 is 0 Å². The molecule has 0 unspecified atom stereocenters. The molecule has 0 radical (unpaired) electrons. The summed E-state index contributed by atoms with van der Waals surface area (Å²) < 4.78 is 1.80. The number of anilines is 2. The Kier molecular flexibility index (Phi) is 3.66. The molecule has 4 heterocycles. The Morgan fingerprint density at radius 1 is 1.00 bits per heavy atom. The van der Waals surface area contributed by atoms with Crippen molar-refractivity contribution in [3.05, 3.63) is 35.1 Å². The summed E-state index contributed by atoms with van der Waals surface area (Å²) in [4.78, 5) is 22.4. The zero-order valence-electron chi connectivity index (χ0n) is 14.5. The molecule has 0 atom stereocenters. The van der Waals surface area contributed by atoms with E-state index >= 15 is 0 Å². The van der Waals surface area contributed by atoms with E-state index in [2.05, 4.69) is 35.9 Å². The lowest BCUT2D eigenvalue weighted by molar-refractivity contribution is 0.631. The van der Waals surface area contributed by atoms with E-state index in [4.69, 9.17) is 16.6 Å². The second-order valence-electron chi connectivity index (χ2n) is 6.88. The minimum atomic E-state index is 0.495. The molecule has 1 saturated carbocycles. The van der Waals surface area contributed by atoms with Gasteiger partial charge in [0.05, 0.1) is 0 Å². The van der Waals surface area contributed by atoms with Crippen molar-refractivity contribution in [2.24, 2.45) is 0 Å². The maximum Gasteiger partial charge on any atom is 0.254 e. The van der Waals surface area contributed by atoms with Gasteiger partial charge in [-0.1, -0.05) is 11.6 Å². The molecule has 0 N–H and O–H groups in total. The average Bonchev–Trinajstić information content (AvgIpc) is 3.39. The van der Waals surface area contributed by atoms with Crippen molar-refractivity contribution in [2.75, 3.05) is 36.0 Å². The van der Waals surface area contributed by atoms with E-state index < -0.39 is 0 Å². The molecular formula is C17H19ClN8. The fourth-order valence-corrected chi connectivity index (χ4v) is 3.59. The van der Waals surface area contributed by atoms with Gasteiger partial charge in [0.2, 0.25) is 0 Å². The van der Waals surface area contributed by atoms with Crippen molar-refractivity contribution >= 4 is 29.0 Å². The van der Waals surface area contributed by atoms with Crippen LogP contribution in [0.2, 0.25) is 5.15 Å². The van der Waals surface area contributed by atoms with Crippen LogP contribution in [0, 0.1) is 6.92 Å². The number of fused-ring (bicyclic) bond motifs is 1. The van der Waals surface area contributed by atoms with E-state index in [1.807, 2.05) is 13.0 Å². The van der Waals surface area contributed by atoms with Crippen molar-refractivity contribution in [3.63, 3.8) is 0 Å². The zero-order valence-corrected chi connectivity index (χ0v) is 15.3. The lowest BCUT2D eigenvalue weighted by Gasteiger charge is -2.36. The van der Waals surface area contributed by atoms with E-state index in [1.165, 1.54) is 12.8 Å². The van der Waals surface area contributed by atoms with Crippen LogP contribution >= 0.6 is 11.6 Å². The molecule has 2 aliphatic rings. The molecule has 1 aliphatic heterocycles. The summed E-state index contributed by atoms with van der Waals surface area (Å²) in [6.45, 7) is 5.47. The van der Waals surface area contributed by atoms with Gasteiger partial charge in [-0.15, -0.1) is 0 Å². The van der Waals surface area contributed by atoms with Gasteiger partial charge < -0.3 is 9.80 Å². The number of nitrogens with zero attached hydrogens (tertiary/aromatic N) is 8. The van der Waals surface area contributed by atoms with Crippen LogP contribution in [-0.2, 0) is 0 Å². The van der Waals surface area contributed by atoms with Crippen molar-refractivity contribution in [2.45, 2.75) is 25.7 Å². The summed E-state index contributed by atoms with van der Waals surface area (Å²) >= 11 is 6.22. The smallest absolute Gasteiger partial charge is 0.254 e. The first-order valence-corrected chi connectivity index (χ1v) is 9.27. The number of aryl methyl sites for hydroxylation is 1. The third-order valence-corrected chi connectivity index (χ3v) is 5.12. The molecule has 2 fully saturated rings. The molecule has 0 bridgehead atoms. The van der Waals surface area contributed by atoms with E-state index in [1.54, 1.807) is 10.8 Å². The molecule has 26 heavy (non-hydrogen) atoms. The van der Waals surface area contributed by atoms with Crippen LogP contribution < -0.4 is 9.80 Å². The summed E-state index contributed by atoms with van der Waals surface area (Å²) in [5, 5.41) is 4.85. The fraction of sp³-hybridized carbons (Fsp3) is 0.471. The first-order chi connectivity index (χ1) is 12.7. The maximum atomic E-state index is 6.22. The second kappa shape index (κ2) is 6.05. The summed E-state index contributed by atoms with van der Waals surface area (Å²) in [6, 6.07) is 3.93. The predicted octanol–water partition coefficient (Wildman–Crippen LogP) is 2.08. The molecule has 134 valence electrons. The van der Waals surface area contributed by atoms with Crippen molar-refractivity contribution in [3.8, 4) is 0 Å². The maximum absolute atomic E-state index is 6.22. The highest BCUT2D eigenvalue weighted by molar-refractivity contribution is 6.29. The van der Waals surface area contributed by atoms with Crippen LogP contribution in [0.4, 0.5) is 11.6 Å². The topological polar surface area (TPSA) is 75.3 Å². The van der Waals surface area contributed by atoms with E-state index in [-0.39, 0.29) is 0 Å². The molecule has 0 amide bonds. The van der Waals surface area contributed by atoms with E-state index in [0.717, 1.165) is 49.3 Å². The fourth-order valence-electron chi connectivity index (χ4n) is 3.41. The van der Waals surface area contributed by atoms with Gasteiger partial charge in [-0.2, -0.15) is 14.6 Å². The Morgan fingerprint density at radius 3 is 2.54 bits per heavy atom. The zero-order chi connectivity index (χ0) is 17.7. The number of hydrogen-bond acceptors (Lipinski definition) is 7. The SMILES string of the molecule is Cc1cc(N2CCN(c3cc(Cl)nc(C4CC4)n3)CC2)n2ncnc2n1. The minimum absolute atomic E-state index is 0.495. The molecule has 8 nitrogen and oxygen atoms in total. The van der Waals surface area contributed by atoms with E-state index in [0.29, 0.717) is 16.8 Å². The monoisotopic (exact) mass is 370 g/mol. The molecule has 1 saturated heterocycles. The Labute approximate surface area is 155 Å². The molecule has 5 rings (SSSR count). The number of halogens is 1. The quantitative estimate of drug-likeness (QED) is 0.653. The van der Waals surface area contributed by atoms with Crippen LogP contribution in [-0.4, -0.2) is 55.7 Å². The van der Waals surface area contributed by atoms with Crippen LogP contribution in [0.25, 0.3) is 5.78 Å². The summed E-state index contributed by atoms with van der Waals surface area (Å²) in [5.41, 5.74) is 0.944.